The van der Waals surface area contributed by atoms with E-state index in [0.29, 0.717) is 37.7 Å². The van der Waals surface area contributed by atoms with Crippen LogP contribution in [0.2, 0.25) is 0 Å². The van der Waals surface area contributed by atoms with Gasteiger partial charge in [0.2, 0.25) is 5.91 Å². The summed E-state index contributed by atoms with van der Waals surface area (Å²) in [6.45, 7) is -1.52. The summed E-state index contributed by atoms with van der Waals surface area (Å²) >= 11 is 0. The van der Waals surface area contributed by atoms with Crippen LogP contribution >= 0.6 is 0 Å². The van der Waals surface area contributed by atoms with Crippen LogP contribution in [0.4, 0.5) is 8.78 Å². The van der Waals surface area contributed by atoms with Gasteiger partial charge >= 0.3 is 6.61 Å². The van der Waals surface area contributed by atoms with Crippen molar-refractivity contribution in [3.63, 3.8) is 0 Å². The van der Waals surface area contributed by atoms with Gasteiger partial charge < -0.3 is 24.3 Å². The van der Waals surface area contributed by atoms with Gasteiger partial charge in [-0.05, 0) is 47.9 Å². The van der Waals surface area contributed by atoms with Crippen molar-refractivity contribution in [2.24, 2.45) is 0 Å². The number of rotatable bonds is 8. The van der Waals surface area contributed by atoms with E-state index in [2.05, 4.69) is 10.1 Å². The molecule has 0 fully saturated rings. The number of carbonyl (C=O) groups is 1. The van der Waals surface area contributed by atoms with E-state index in [4.69, 9.17) is 14.2 Å². The summed E-state index contributed by atoms with van der Waals surface area (Å²) < 4.78 is 45.2. The Balaban J connectivity index is 1.50. The fourth-order valence-corrected chi connectivity index (χ4v) is 2.79. The Morgan fingerprint density at radius 2 is 1.93 bits per heavy atom. The Bertz CT molecular complexity index is 885. The molecule has 0 saturated heterocycles. The molecule has 0 radical (unpaired) electrons. The zero-order valence-electron chi connectivity index (χ0n) is 15.8. The first-order valence-corrected chi connectivity index (χ1v) is 9.02. The molecule has 8 heteroatoms. The van der Waals surface area contributed by atoms with Gasteiger partial charge in [0, 0.05) is 12.6 Å². The molecule has 2 aromatic rings. The molecule has 0 bridgehead atoms. The molecule has 0 saturated carbocycles. The van der Waals surface area contributed by atoms with Gasteiger partial charge in [-0.25, -0.2) is 0 Å². The van der Waals surface area contributed by atoms with Crippen LogP contribution in [0, 0.1) is 0 Å². The number of nitrogens with one attached hydrogen (secondary N) is 1. The van der Waals surface area contributed by atoms with Crippen LogP contribution in [0.5, 0.6) is 23.0 Å². The summed E-state index contributed by atoms with van der Waals surface area (Å²) in [5.41, 5.74) is 1.64. The lowest BCUT2D eigenvalue weighted by Gasteiger charge is -2.18. The van der Waals surface area contributed by atoms with E-state index in [0.717, 1.165) is 11.1 Å². The second-order valence-corrected chi connectivity index (χ2v) is 6.14. The third kappa shape index (κ3) is 5.84. The minimum absolute atomic E-state index is 0.0300. The minimum Gasteiger partial charge on any atom is -0.493 e. The van der Waals surface area contributed by atoms with Crippen LogP contribution < -0.4 is 24.3 Å². The quantitative estimate of drug-likeness (QED) is 0.682. The Hall–Kier alpha value is -3.29. The fraction of sp³-hybridized carbons (Fsp3) is 0.286. The van der Waals surface area contributed by atoms with Crippen molar-refractivity contribution in [2.75, 3.05) is 26.9 Å². The van der Waals surface area contributed by atoms with E-state index < -0.39 is 6.61 Å². The largest absolute Gasteiger partial charge is 0.493 e. The highest BCUT2D eigenvalue weighted by molar-refractivity contribution is 5.91. The maximum absolute atomic E-state index is 12.4. The second kappa shape index (κ2) is 9.77. The molecule has 0 aromatic heterocycles. The smallest absolute Gasteiger partial charge is 0.387 e. The fourth-order valence-electron chi connectivity index (χ4n) is 2.79. The molecule has 0 aliphatic carbocycles. The van der Waals surface area contributed by atoms with Gasteiger partial charge in [-0.15, -0.1) is 0 Å². The first kappa shape index (κ1) is 20.4. The second-order valence-electron chi connectivity index (χ2n) is 6.14. The monoisotopic (exact) mass is 405 g/mol. The Morgan fingerprint density at radius 3 is 2.69 bits per heavy atom. The molecule has 2 aromatic carbocycles. The Labute approximate surface area is 167 Å². The maximum Gasteiger partial charge on any atom is 0.387 e. The van der Waals surface area contributed by atoms with Crippen molar-refractivity contribution in [1.82, 2.24) is 5.32 Å². The number of methoxy groups -OCH3 is 1. The number of hydrogen-bond acceptors (Lipinski definition) is 5. The predicted octanol–water partition coefficient (Wildman–Crippen LogP) is 3.44. The lowest BCUT2D eigenvalue weighted by atomic mass is 10.1. The number of benzene rings is 2. The Morgan fingerprint density at radius 1 is 1.14 bits per heavy atom. The number of hydrogen-bond donors (Lipinski definition) is 1. The first-order chi connectivity index (χ1) is 14.0. The number of carbonyl (C=O) groups excluding carboxylic acids is 1. The van der Waals surface area contributed by atoms with Crippen LogP contribution in [0.1, 0.15) is 11.1 Å². The van der Waals surface area contributed by atoms with Crippen LogP contribution in [-0.4, -0.2) is 39.4 Å². The topological polar surface area (TPSA) is 66.0 Å². The molecule has 154 valence electrons. The van der Waals surface area contributed by atoms with Gasteiger partial charge in [0.1, 0.15) is 13.2 Å². The van der Waals surface area contributed by atoms with Crippen LogP contribution in [0.25, 0.3) is 6.08 Å². The van der Waals surface area contributed by atoms with Crippen molar-refractivity contribution >= 4 is 12.0 Å². The number of alkyl halides is 2. The first-order valence-electron chi connectivity index (χ1n) is 9.02. The molecular weight excluding hydrogens is 384 g/mol. The van der Waals surface area contributed by atoms with E-state index in [-0.39, 0.29) is 17.4 Å². The van der Waals surface area contributed by atoms with Crippen molar-refractivity contribution in [2.45, 2.75) is 13.0 Å². The molecule has 0 atom stereocenters. The van der Waals surface area contributed by atoms with E-state index >= 15 is 0 Å². The SMILES string of the molecule is COc1cc(CCNC(=O)/C=C/c2ccc3c(c2)OCCO3)ccc1OC(F)F. The van der Waals surface area contributed by atoms with Gasteiger partial charge in [-0.2, -0.15) is 8.78 Å². The Kier molecular flexibility index (Phi) is 6.89. The van der Waals surface area contributed by atoms with E-state index in [9.17, 15) is 13.6 Å². The molecule has 1 N–H and O–H groups in total. The number of ether oxygens (including phenoxy) is 4. The standard InChI is InChI=1S/C21H21F2NO5/c1-26-18-12-15(3-6-17(18)29-21(22)23)8-9-24-20(25)7-4-14-2-5-16-19(13-14)28-11-10-27-16/h2-7,12-13,21H,8-11H2,1H3,(H,24,25)/b7-4+. The lowest BCUT2D eigenvalue weighted by molar-refractivity contribution is -0.116. The molecule has 6 nitrogen and oxygen atoms in total. The van der Waals surface area contributed by atoms with Gasteiger partial charge in [-0.3, -0.25) is 4.79 Å². The van der Waals surface area contributed by atoms with E-state index in [1.54, 1.807) is 24.3 Å². The average molecular weight is 405 g/mol. The highest BCUT2D eigenvalue weighted by Crippen LogP contribution is 2.31. The third-order valence-corrected chi connectivity index (χ3v) is 4.15. The number of fused-ring (bicyclic) bond motifs is 1. The minimum atomic E-state index is -2.92. The van der Waals surface area contributed by atoms with Crippen LogP contribution in [-0.2, 0) is 11.2 Å². The summed E-state index contributed by atoms with van der Waals surface area (Å²) in [5, 5.41) is 2.77. The summed E-state index contributed by atoms with van der Waals surface area (Å²) in [7, 11) is 1.38. The summed E-state index contributed by atoms with van der Waals surface area (Å²) in [6.07, 6.45) is 3.63. The lowest BCUT2D eigenvalue weighted by Crippen LogP contribution is -2.23. The summed E-state index contributed by atoms with van der Waals surface area (Å²) in [4.78, 5) is 12.0. The molecule has 1 amide bonds. The molecule has 0 unspecified atom stereocenters. The molecule has 0 spiro atoms. The molecule has 3 rings (SSSR count). The predicted molar refractivity (Wildman–Crippen MR) is 103 cm³/mol. The number of halogens is 2. The molecular formula is C21H21F2NO5. The zero-order valence-corrected chi connectivity index (χ0v) is 15.8. The van der Waals surface area contributed by atoms with Gasteiger partial charge in [0.25, 0.3) is 0 Å². The maximum atomic E-state index is 12.4. The average Bonchev–Trinajstić information content (AvgIpc) is 2.72. The molecule has 1 aliphatic heterocycles. The molecule has 29 heavy (non-hydrogen) atoms. The van der Waals surface area contributed by atoms with Gasteiger partial charge in [-0.1, -0.05) is 12.1 Å². The molecule has 1 heterocycles. The van der Waals surface area contributed by atoms with Crippen LogP contribution in [0.15, 0.2) is 42.5 Å². The third-order valence-electron chi connectivity index (χ3n) is 4.15. The van der Waals surface area contributed by atoms with Gasteiger partial charge in [0.05, 0.1) is 7.11 Å². The number of amides is 1. The van der Waals surface area contributed by atoms with Crippen molar-refractivity contribution in [3.05, 3.63) is 53.6 Å². The van der Waals surface area contributed by atoms with E-state index in [1.165, 1.54) is 19.3 Å². The van der Waals surface area contributed by atoms with Crippen LogP contribution in [0.3, 0.4) is 0 Å². The van der Waals surface area contributed by atoms with Crippen molar-refractivity contribution in [3.8, 4) is 23.0 Å². The normalized spacial score (nSPS) is 12.8. The van der Waals surface area contributed by atoms with Gasteiger partial charge in [0.15, 0.2) is 23.0 Å². The highest BCUT2D eigenvalue weighted by Gasteiger charge is 2.12. The summed E-state index contributed by atoms with van der Waals surface area (Å²) in [5.74, 6) is 1.29. The highest BCUT2D eigenvalue weighted by atomic mass is 19.3. The zero-order chi connectivity index (χ0) is 20.6. The summed E-state index contributed by atoms with van der Waals surface area (Å²) in [6, 6.07) is 10.1. The van der Waals surface area contributed by atoms with Crippen molar-refractivity contribution in [1.29, 1.82) is 0 Å². The van der Waals surface area contributed by atoms with E-state index in [1.807, 2.05) is 12.1 Å². The molecule has 1 aliphatic rings. The van der Waals surface area contributed by atoms with Crippen molar-refractivity contribution < 1.29 is 32.5 Å².